The van der Waals surface area contributed by atoms with Crippen molar-refractivity contribution in [3.8, 4) is 0 Å². The minimum atomic E-state index is 0.644. The molecule has 1 saturated heterocycles. The highest BCUT2D eigenvalue weighted by Gasteiger charge is 2.14. The Morgan fingerprint density at radius 3 is 2.60 bits per heavy atom. The molecule has 2 N–H and O–H groups in total. The lowest BCUT2D eigenvalue weighted by atomic mass is 10.1. The molecule has 0 unspecified atom stereocenters. The van der Waals surface area contributed by atoms with Crippen LogP contribution in [0.25, 0.3) is 0 Å². The number of hydrogen-bond donors (Lipinski definition) is 2. The summed E-state index contributed by atoms with van der Waals surface area (Å²) in [4.78, 5) is 11.0. The normalized spacial score (nSPS) is 15.1. The summed E-state index contributed by atoms with van der Waals surface area (Å²) in [6.45, 7) is 4.80. The number of nitrogens with zero attached hydrogens (tertiary/aromatic N) is 3. The number of benzene rings is 1. The summed E-state index contributed by atoms with van der Waals surface area (Å²) in [5, 5.41) is 6.69. The van der Waals surface area contributed by atoms with Gasteiger partial charge in [0.25, 0.3) is 0 Å². The number of morpholine rings is 1. The van der Waals surface area contributed by atoms with E-state index >= 15 is 0 Å². The lowest BCUT2D eigenvalue weighted by molar-refractivity contribution is 0.122. The van der Waals surface area contributed by atoms with Crippen LogP contribution < -0.4 is 15.5 Å². The first kappa shape index (κ1) is 17.2. The molecule has 2 heterocycles. The lowest BCUT2D eigenvalue weighted by Gasteiger charge is -2.30. The smallest absolute Gasteiger partial charge is 0.191 e. The predicted octanol–water partition coefficient (Wildman–Crippen LogP) is 1.78. The van der Waals surface area contributed by atoms with Crippen molar-refractivity contribution in [2.45, 2.75) is 13.1 Å². The largest absolute Gasteiger partial charge is 0.378 e. The molecule has 0 saturated carbocycles. The van der Waals surface area contributed by atoms with Crippen molar-refractivity contribution in [3.05, 3.63) is 59.9 Å². The highest BCUT2D eigenvalue weighted by molar-refractivity contribution is 5.79. The number of hydrogen-bond acceptors (Lipinski definition) is 4. The average molecular weight is 339 g/mol. The molecule has 25 heavy (non-hydrogen) atoms. The van der Waals surface area contributed by atoms with Gasteiger partial charge in [0, 0.05) is 38.6 Å². The molecule has 1 fully saturated rings. The van der Waals surface area contributed by atoms with E-state index in [9.17, 15) is 0 Å². The number of guanidine groups is 1. The maximum atomic E-state index is 5.46. The van der Waals surface area contributed by atoms with Crippen LogP contribution in [0.15, 0.2) is 53.7 Å². The molecule has 132 valence electrons. The van der Waals surface area contributed by atoms with E-state index in [1.807, 2.05) is 18.2 Å². The lowest BCUT2D eigenvalue weighted by Crippen LogP contribution is -2.39. The number of aliphatic imine (C=N–C) groups is 1. The molecular weight excluding hydrogens is 314 g/mol. The number of rotatable bonds is 5. The number of aromatic nitrogens is 1. The molecule has 2 aromatic rings. The first-order chi connectivity index (χ1) is 12.4. The Kier molecular flexibility index (Phi) is 6.23. The fourth-order valence-corrected chi connectivity index (χ4v) is 2.85. The van der Waals surface area contributed by atoms with Crippen LogP contribution in [0.5, 0.6) is 0 Å². The van der Waals surface area contributed by atoms with E-state index in [-0.39, 0.29) is 0 Å². The number of anilines is 1. The molecule has 6 heteroatoms. The van der Waals surface area contributed by atoms with Crippen LogP contribution in [0.1, 0.15) is 11.3 Å². The third kappa shape index (κ3) is 4.93. The minimum Gasteiger partial charge on any atom is -0.378 e. The molecule has 0 atom stereocenters. The van der Waals surface area contributed by atoms with Crippen molar-refractivity contribution >= 4 is 11.6 Å². The maximum absolute atomic E-state index is 5.46. The van der Waals surface area contributed by atoms with E-state index in [1.165, 1.54) is 11.3 Å². The fraction of sp³-hybridized carbons (Fsp3) is 0.368. The zero-order valence-electron chi connectivity index (χ0n) is 14.6. The summed E-state index contributed by atoms with van der Waals surface area (Å²) in [7, 11) is 1.78. The van der Waals surface area contributed by atoms with Gasteiger partial charge in [0.05, 0.1) is 25.5 Å². The second-order valence-electron chi connectivity index (χ2n) is 5.83. The molecular formula is C19H25N5O. The van der Waals surface area contributed by atoms with Crippen LogP contribution in [0.2, 0.25) is 0 Å². The quantitative estimate of drug-likeness (QED) is 0.642. The van der Waals surface area contributed by atoms with Gasteiger partial charge in [0.2, 0.25) is 0 Å². The first-order valence-corrected chi connectivity index (χ1v) is 8.62. The van der Waals surface area contributed by atoms with Crippen molar-refractivity contribution in [3.63, 3.8) is 0 Å². The van der Waals surface area contributed by atoms with Gasteiger partial charge in [-0.25, -0.2) is 0 Å². The summed E-state index contributed by atoms with van der Waals surface area (Å²) in [5.74, 6) is 0.766. The standard InChI is InChI=1S/C19H25N5O/c1-20-19(23-15-17-7-4-5-9-21-17)22-14-16-6-2-3-8-18(16)24-10-12-25-13-11-24/h2-9H,10-15H2,1H3,(H2,20,22,23). The van der Waals surface area contributed by atoms with Crippen molar-refractivity contribution in [1.29, 1.82) is 0 Å². The Labute approximate surface area is 148 Å². The number of pyridine rings is 1. The van der Waals surface area contributed by atoms with Crippen LogP contribution in [-0.4, -0.2) is 44.3 Å². The Morgan fingerprint density at radius 1 is 1.08 bits per heavy atom. The van der Waals surface area contributed by atoms with E-state index in [0.717, 1.165) is 44.5 Å². The zero-order valence-corrected chi connectivity index (χ0v) is 14.6. The first-order valence-electron chi connectivity index (χ1n) is 8.62. The Hall–Kier alpha value is -2.60. The molecule has 1 aliphatic heterocycles. The molecule has 0 spiro atoms. The molecule has 1 aliphatic rings. The van der Waals surface area contributed by atoms with Crippen molar-refractivity contribution < 1.29 is 4.74 Å². The van der Waals surface area contributed by atoms with Gasteiger partial charge in [0.1, 0.15) is 0 Å². The average Bonchev–Trinajstić information content (AvgIpc) is 2.70. The van der Waals surface area contributed by atoms with Gasteiger partial charge in [0.15, 0.2) is 5.96 Å². The maximum Gasteiger partial charge on any atom is 0.191 e. The highest BCUT2D eigenvalue weighted by atomic mass is 16.5. The van der Waals surface area contributed by atoms with Gasteiger partial charge in [-0.1, -0.05) is 24.3 Å². The SMILES string of the molecule is CN=C(NCc1ccccn1)NCc1ccccc1N1CCOCC1. The van der Waals surface area contributed by atoms with Crippen LogP contribution in [0.4, 0.5) is 5.69 Å². The Bertz CT molecular complexity index is 683. The van der Waals surface area contributed by atoms with Crippen LogP contribution in [0, 0.1) is 0 Å². The van der Waals surface area contributed by atoms with E-state index < -0.39 is 0 Å². The topological polar surface area (TPSA) is 61.8 Å². The predicted molar refractivity (Wildman–Crippen MR) is 101 cm³/mol. The van der Waals surface area contributed by atoms with Gasteiger partial charge in [-0.3, -0.25) is 9.98 Å². The molecule has 0 radical (unpaired) electrons. The number of nitrogens with one attached hydrogen (secondary N) is 2. The third-order valence-corrected chi connectivity index (χ3v) is 4.18. The van der Waals surface area contributed by atoms with Gasteiger partial charge >= 0.3 is 0 Å². The van der Waals surface area contributed by atoms with E-state index in [0.29, 0.717) is 6.54 Å². The van der Waals surface area contributed by atoms with Gasteiger partial charge in [-0.15, -0.1) is 0 Å². The molecule has 6 nitrogen and oxygen atoms in total. The molecule has 3 rings (SSSR count). The van der Waals surface area contributed by atoms with Crippen molar-refractivity contribution in [2.24, 2.45) is 4.99 Å². The highest BCUT2D eigenvalue weighted by Crippen LogP contribution is 2.21. The van der Waals surface area contributed by atoms with E-state index in [1.54, 1.807) is 13.2 Å². The molecule has 1 aromatic heterocycles. The van der Waals surface area contributed by atoms with E-state index in [4.69, 9.17) is 4.74 Å². The van der Waals surface area contributed by atoms with Gasteiger partial charge < -0.3 is 20.3 Å². The van der Waals surface area contributed by atoms with Crippen LogP contribution >= 0.6 is 0 Å². The Balaban J connectivity index is 1.58. The molecule has 0 bridgehead atoms. The molecule has 1 aromatic carbocycles. The van der Waals surface area contributed by atoms with Crippen molar-refractivity contribution in [1.82, 2.24) is 15.6 Å². The van der Waals surface area contributed by atoms with Gasteiger partial charge in [-0.05, 0) is 23.8 Å². The Morgan fingerprint density at radius 2 is 1.84 bits per heavy atom. The second kappa shape index (κ2) is 9.03. The molecule has 0 amide bonds. The number of ether oxygens (including phenoxy) is 1. The monoisotopic (exact) mass is 339 g/mol. The summed E-state index contributed by atoms with van der Waals surface area (Å²) in [6.07, 6.45) is 1.80. The minimum absolute atomic E-state index is 0.644. The molecule has 0 aliphatic carbocycles. The summed E-state index contributed by atoms with van der Waals surface area (Å²) in [6, 6.07) is 14.4. The van der Waals surface area contributed by atoms with Crippen molar-refractivity contribution in [2.75, 3.05) is 38.3 Å². The fourth-order valence-electron chi connectivity index (χ4n) is 2.85. The zero-order chi connectivity index (χ0) is 17.3. The van der Waals surface area contributed by atoms with Gasteiger partial charge in [-0.2, -0.15) is 0 Å². The summed E-state index contributed by atoms with van der Waals surface area (Å²) < 4.78 is 5.46. The summed E-state index contributed by atoms with van der Waals surface area (Å²) >= 11 is 0. The summed E-state index contributed by atoms with van der Waals surface area (Å²) in [5.41, 5.74) is 3.50. The number of para-hydroxylation sites is 1. The second-order valence-corrected chi connectivity index (χ2v) is 5.83. The van der Waals surface area contributed by atoms with Crippen LogP contribution in [0.3, 0.4) is 0 Å². The van der Waals surface area contributed by atoms with Crippen LogP contribution in [-0.2, 0) is 17.8 Å². The third-order valence-electron chi connectivity index (χ3n) is 4.18. The van der Waals surface area contributed by atoms with E-state index in [2.05, 4.69) is 49.8 Å².